The third-order valence-electron chi connectivity index (χ3n) is 4.01. The van der Waals surface area contributed by atoms with E-state index in [0.717, 1.165) is 29.2 Å². The molecule has 0 spiro atoms. The predicted octanol–water partition coefficient (Wildman–Crippen LogP) is 3.99. The molecule has 1 aliphatic heterocycles. The summed E-state index contributed by atoms with van der Waals surface area (Å²) in [6, 6.07) is 10.1. The number of nitrogens with zero attached hydrogens (tertiary/aromatic N) is 1. The third kappa shape index (κ3) is 2.92. The van der Waals surface area contributed by atoms with Gasteiger partial charge < -0.3 is 9.64 Å². The summed E-state index contributed by atoms with van der Waals surface area (Å²) in [5.41, 5.74) is 3.58. The summed E-state index contributed by atoms with van der Waals surface area (Å²) in [6.07, 6.45) is 3.05. The minimum Gasteiger partial charge on any atom is -0.497 e. The van der Waals surface area contributed by atoms with Gasteiger partial charge in [-0.3, -0.25) is 4.79 Å². The maximum Gasteiger partial charge on any atom is 0.264 e. The van der Waals surface area contributed by atoms with E-state index in [4.69, 9.17) is 4.74 Å². The summed E-state index contributed by atoms with van der Waals surface area (Å²) in [7, 11) is 1.67. The number of carbonyl (C=O) groups is 1. The van der Waals surface area contributed by atoms with Crippen molar-refractivity contribution in [2.24, 2.45) is 0 Å². The number of hydrogen-bond donors (Lipinski definition) is 0. The highest BCUT2D eigenvalue weighted by atomic mass is 32.1. The van der Waals surface area contributed by atoms with Gasteiger partial charge in [0.15, 0.2) is 0 Å². The monoisotopic (exact) mass is 313 g/mol. The SMILES string of the molecule is COc1ccc(C2=CCN(C(=O)c3sccc3C)CC2)cc1. The molecule has 22 heavy (non-hydrogen) atoms. The van der Waals surface area contributed by atoms with E-state index in [1.165, 1.54) is 22.5 Å². The van der Waals surface area contributed by atoms with Crippen LogP contribution >= 0.6 is 11.3 Å². The van der Waals surface area contributed by atoms with Crippen LogP contribution in [0.2, 0.25) is 0 Å². The smallest absolute Gasteiger partial charge is 0.264 e. The fourth-order valence-corrected chi connectivity index (χ4v) is 3.55. The molecule has 0 saturated carbocycles. The van der Waals surface area contributed by atoms with Crippen LogP contribution in [0.15, 0.2) is 41.8 Å². The lowest BCUT2D eigenvalue weighted by atomic mass is 9.99. The molecule has 1 amide bonds. The van der Waals surface area contributed by atoms with Crippen molar-refractivity contribution in [3.05, 3.63) is 57.8 Å². The molecule has 1 aromatic heterocycles. The Morgan fingerprint density at radius 3 is 2.55 bits per heavy atom. The Morgan fingerprint density at radius 2 is 2.00 bits per heavy atom. The van der Waals surface area contributed by atoms with Crippen LogP contribution < -0.4 is 4.74 Å². The first-order valence-electron chi connectivity index (χ1n) is 7.36. The van der Waals surface area contributed by atoms with Crippen molar-refractivity contribution in [1.29, 1.82) is 0 Å². The zero-order chi connectivity index (χ0) is 15.5. The Balaban J connectivity index is 1.71. The van der Waals surface area contributed by atoms with Crippen molar-refractivity contribution < 1.29 is 9.53 Å². The van der Waals surface area contributed by atoms with Gasteiger partial charge in [0.1, 0.15) is 5.75 Å². The zero-order valence-corrected chi connectivity index (χ0v) is 13.7. The average molecular weight is 313 g/mol. The van der Waals surface area contributed by atoms with Gasteiger partial charge >= 0.3 is 0 Å². The number of aryl methyl sites for hydroxylation is 1. The first-order valence-corrected chi connectivity index (χ1v) is 8.24. The van der Waals surface area contributed by atoms with Crippen LogP contribution in [-0.2, 0) is 0 Å². The second-order valence-electron chi connectivity index (χ2n) is 5.39. The summed E-state index contributed by atoms with van der Waals surface area (Å²) >= 11 is 1.53. The molecule has 0 bridgehead atoms. The van der Waals surface area contributed by atoms with E-state index in [0.29, 0.717) is 6.54 Å². The summed E-state index contributed by atoms with van der Waals surface area (Å²) < 4.78 is 5.19. The number of hydrogen-bond acceptors (Lipinski definition) is 3. The number of methoxy groups -OCH3 is 1. The molecule has 0 fully saturated rings. The maximum absolute atomic E-state index is 12.5. The normalized spacial score (nSPS) is 14.6. The highest BCUT2D eigenvalue weighted by molar-refractivity contribution is 7.12. The molecule has 0 N–H and O–H groups in total. The molecule has 3 nitrogen and oxygen atoms in total. The highest BCUT2D eigenvalue weighted by Crippen LogP contribution is 2.26. The lowest BCUT2D eigenvalue weighted by Crippen LogP contribution is -2.34. The van der Waals surface area contributed by atoms with E-state index in [2.05, 4.69) is 18.2 Å². The molecule has 3 rings (SSSR count). The van der Waals surface area contributed by atoms with Gasteiger partial charge in [0.05, 0.1) is 12.0 Å². The quantitative estimate of drug-likeness (QED) is 0.857. The number of thiophene rings is 1. The van der Waals surface area contributed by atoms with Crippen LogP contribution in [0.1, 0.15) is 27.2 Å². The van der Waals surface area contributed by atoms with Crippen molar-refractivity contribution in [3.63, 3.8) is 0 Å². The van der Waals surface area contributed by atoms with Crippen molar-refractivity contribution in [2.45, 2.75) is 13.3 Å². The Labute approximate surface area is 134 Å². The first-order chi connectivity index (χ1) is 10.7. The van der Waals surface area contributed by atoms with Gasteiger partial charge in [-0.15, -0.1) is 11.3 Å². The van der Waals surface area contributed by atoms with E-state index in [1.807, 2.05) is 35.4 Å². The Morgan fingerprint density at radius 1 is 1.23 bits per heavy atom. The Kier molecular flexibility index (Phi) is 4.29. The minimum absolute atomic E-state index is 0.150. The zero-order valence-electron chi connectivity index (χ0n) is 12.8. The second-order valence-corrected chi connectivity index (χ2v) is 6.31. The second kappa shape index (κ2) is 6.36. The van der Waals surface area contributed by atoms with Crippen molar-refractivity contribution in [2.75, 3.05) is 20.2 Å². The van der Waals surface area contributed by atoms with Crippen LogP contribution in [0, 0.1) is 6.92 Å². The van der Waals surface area contributed by atoms with E-state index < -0.39 is 0 Å². The Bertz CT molecular complexity index is 700. The predicted molar refractivity (Wildman–Crippen MR) is 90.5 cm³/mol. The van der Waals surface area contributed by atoms with Crippen LogP contribution in [0.25, 0.3) is 5.57 Å². The molecule has 2 heterocycles. The molecule has 0 aliphatic carbocycles. The lowest BCUT2D eigenvalue weighted by Gasteiger charge is -2.26. The molecular formula is C18H19NO2S. The van der Waals surface area contributed by atoms with Gasteiger partial charge in [-0.2, -0.15) is 0 Å². The molecular weight excluding hydrogens is 294 g/mol. The molecule has 2 aromatic rings. The van der Waals surface area contributed by atoms with Gasteiger partial charge in [0, 0.05) is 13.1 Å². The number of amides is 1. The number of benzene rings is 1. The third-order valence-corrected chi connectivity index (χ3v) is 5.02. The highest BCUT2D eigenvalue weighted by Gasteiger charge is 2.21. The molecule has 4 heteroatoms. The topological polar surface area (TPSA) is 29.5 Å². The van der Waals surface area contributed by atoms with E-state index in [1.54, 1.807) is 7.11 Å². The molecule has 0 radical (unpaired) electrons. The van der Waals surface area contributed by atoms with Crippen LogP contribution in [-0.4, -0.2) is 31.0 Å². The summed E-state index contributed by atoms with van der Waals surface area (Å²) in [4.78, 5) is 15.3. The fourth-order valence-electron chi connectivity index (χ4n) is 2.66. The van der Waals surface area contributed by atoms with E-state index >= 15 is 0 Å². The van der Waals surface area contributed by atoms with Crippen LogP contribution in [0.3, 0.4) is 0 Å². The molecule has 1 aliphatic rings. The molecule has 0 atom stereocenters. The van der Waals surface area contributed by atoms with Gasteiger partial charge in [-0.25, -0.2) is 0 Å². The van der Waals surface area contributed by atoms with Gasteiger partial charge in [0.2, 0.25) is 0 Å². The first kappa shape index (κ1) is 14.9. The van der Waals surface area contributed by atoms with Gasteiger partial charge in [-0.05, 0) is 53.6 Å². The number of ether oxygens (including phenoxy) is 1. The fraction of sp³-hybridized carbons (Fsp3) is 0.278. The maximum atomic E-state index is 12.5. The van der Waals surface area contributed by atoms with Crippen molar-refractivity contribution >= 4 is 22.8 Å². The van der Waals surface area contributed by atoms with Crippen molar-refractivity contribution in [1.82, 2.24) is 4.90 Å². The molecule has 0 saturated heterocycles. The number of rotatable bonds is 3. The van der Waals surface area contributed by atoms with Gasteiger partial charge in [-0.1, -0.05) is 18.2 Å². The summed E-state index contributed by atoms with van der Waals surface area (Å²) in [6.45, 7) is 3.44. The molecule has 114 valence electrons. The number of carbonyl (C=O) groups excluding carboxylic acids is 1. The standard InChI is InChI=1S/C18H19NO2S/c1-13-9-12-22-17(13)18(20)19-10-7-15(8-11-19)14-3-5-16(21-2)6-4-14/h3-7,9,12H,8,10-11H2,1-2H3. The van der Waals surface area contributed by atoms with Crippen LogP contribution in [0.4, 0.5) is 0 Å². The average Bonchev–Trinajstić information content (AvgIpc) is 3.00. The lowest BCUT2D eigenvalue weighted by molar-refractivity contribution is 0.0777. The largest absolute Gasteiger partial charge is 0.497 e. The van der Waals surface area contributed by atoms with Crippen molar-refractivity contribution in [3.8, 4) is 5.75 Å². The Hall–Kier alpha value is -2.07. The van der Waals surface area contributed by atoms with E-state index in [-0.39, 0.29) is 5.91 Å². The minimum atomic E-state index is 0.150. The van der Waals surface area contributed by atoms with E-state index in [9.17, 15) is 4.79 Å². The summed E-state index contributed by atoms with van der Waals surface area (Å²) in [5.74, 6) is 1.02. The molecule has 1 aromatic carbocycles. The van der Waals surface area contributed by atoms with Gasteiger partial charge in [0.25, 0.3) is 5.91 Å². The summed E-state index contributed by atoms with van der Waals surface area (Å²) in [5, 5.41) is 1.98. The molecule has 0 unspecified atom stereocenters. The van der Waals surface area contributed by atoms with Crippen LogP contribution in [0.5, 0.6) is 5.75 Å².